The summed E-state index contributed by atoms with van der Waals surface area (Å²) < 4.78 is 19.8. The summed E-state index contributed by atoms with van der Waals surface area (Å²) in [6, 6.07) is 16.4. The molecule has 0 N–H and O–H groups in total. The zero-order chi connectivity index (χ0) is 19.6. The van der Waals surface area contributed by atoms with Gasteiger partial charge >= 0.3 is 0 Å². The Hall–Kier alpha value is -2.42. The fourth-order valence-corrected chi connectivity index (χ4v) is 3.48. The van der Waals surface area contributed by atoms with E-state index >= 15 is 0 Å². The van der Waals surface area contributed by atoms with Gasteiger partial charge in [-0.05, 0) is 30.7 Å². The molecule has 2 nitrogen and oxygen atoms in total. The summed E-state index contributed by atoms with van der Waals surface area (Å²) >= 11 is 0. The van der Waals surface area contributed by atoms with Crippen LogP contribution >= 0.6 is 0 Å². The molecule has 0 bridgehead atoms. The molecular formula is C25H30FNO. The third-order valence-corrected chi connectivity index (χ3v) is 5.05. The van der Waals surface area contributed by atoms with Crippen LogP contribution in [0.3, 0.4) is 0 Å². The molecule has 1 heterocycles. The second-order valence-electron chi connectivity index (χ2n) is 7.36. The van der Waals surface area contributed by atoms with Gasteiger partial charge in [0.2, 0.25) is 0 Å². The lowest BCUT2D eigenvalue weighted by Crippen LogP contribution is -1.99. The predicted octanol–water partition coefficient (Wildman–Crippen LogP) is 7.56. The molecule has 0 unspecified atom stereocenters. The van der Waals surface area contributed by atoms with Crippen LogP contribution in [-0.4, -0.2) is 11.6 Å². The summed E-state index contributed by atoms with van der Waals surface area (Å²) in [6.07, 6.45) is 10.2. The second-order valence-corrected chi connectivity index (χ2v) is 7.36. The van der Waals surface area contributed by atoms with Crippen LogP contribution in [0.15, 0.2) is 54.6 Å². The van der Waals surface area contributed by atoms with E-state index in [4.69, 9.17) is 9.72 Å². The van der Waals surface area contributed by atoms with Crippen molar-refractivity contribution in [1.29, 1.82) is 0 Å². The third-order valence-electron chi connectivity index (χ3n) is 5.05. The molecular weight excluding hydrogens is 349 g/mol. The average molecular weight is 380 g/mol. The predicted molar refractivity (Wildman–Crippen MR) is 115 cm³/mol. The zero-order valence-electron chi connectivity index (χ0n) is 16.8. The van der Waals surface area contributed by atoms with Crippen LogP contribution < -0.4 is 4.74 Å². The van der Waals surface area contributed by atoms with Gasteiger partial charge in [-0.15, -0.1) is 0 Å². The van der Waals surface area contributed by atoms with Crippen LogP contribution in [-0.2, 0) is 0 Å². The summed E-state index contributed by atoms with van der Waals surface area (Å²) in [7, 11) is 0. The van der Waals surface area contributed by atoms with Crippen molar-refractivity contribution in [1.82, 2.24) is 4.98 Å². The maximum absolute atomic E-state index is 13.6. The molecule has 0 amide bonds. The number of hydrogen-bond acceptors (Lipinski definition) is 2. The van der Waals surface area contributed by atoms with Crippen LogP contribution in [0.2, 0.25) is 0 Å². The van der Waals surface area contributed by atoms with Crippen molar-refractivity contribution < 1.29 is 9.13 Å². The second kappa shape index (κ2) is 10.8. The largest absolute Gasteiger partial charge is 0.493 e. The number of para-hydroxylation sites is 1. The maximum Gasteiger partial charge on any atom is 0.130 e. The number of halogens is 1. The van der Waals surface area contributed by atoms with Gasteiger partial charge in [0, 0.05) is 17.0 Å². The first-order valence-corrected chi connectivity index (χ1v) is 10.6. The number of fused-ring (bicyclic) bond motifs is 1. The minimum atomic E-state index is -0.256. The first-order chi connectivity index (χ1) is 13.8. The Morgan fingerprint density at radius 3 is 2.36 bits per heavy atom. The Labute approximate surface area is 167 Å². The summed E-state index contributed by atoms with van der Waals surface area (Å²) in [5.41, 5.74) is 2.38. The number of benzene rings is 2. The number of rotatable bonds is 11. The van der Waals surface area contributed by atoms with E-state index in [0.29, 0.717) is 6.61 Å². The molecule has 0 spiro atoms. The Morgan fingerprint density at radius 1 is 0.821 bits per heavy atom. The van der Waals surface area contributed by atoms with E-state index in [-0.39, 0.29) is 5.82 Å². The van der Waals surface area contributed by atoms with E-state index in [1.807, 2.05) is 36.4 Å². The molecule has 0 radical (unpaired) electrons. The van der Waals surface area contributed by atoms with Crippen LogP contribution in [0.1, 0.15) is 58.3 Å². The molecule has 0 aliphatic rings. The topological polar surface area (TPSA) is 22.1 Å². The standard InChI is InChI=1S/C25H30FNO/c1-2-3-4-5-6-7-8-11-17-28-25-19-24(20-13-12-14-21(26)18-20)27-23-16-10-9-15-22(23)25/h9-10,12-16,18-19H,2-8,11,17H2,1H3. The monoisotopic (exact) mass is 379 g/mol. The highest BCUT2D eigenvalue weighted by molar-refractivity contribution is 5.87. The number of aromatic nitrogens is 1. The van der Waals surface area contributed by atoms with E-state index in [0.717, 1.165) is 34.3 Å². The molecule has 1 aromatic heterocycles. The lowest BCUT2D eigenvalue weighted by molar-refractivity contribution is 0.307. The molecule has 0 atom stereocenters. The fourth-order valence-electron chi connectivity index (χ4n) is 3.48. The van der Waals surface area contributed by atoms with Crippen LogP contribution in [0.4, 0.5) is 4.39 Å². The van der Waals surface area contributed by atoms with Gasteiger partial charge in [-0.3, -0.25) is 0 Å². The molecule has 0 saturated carbocycles. The van der Waals surface area contributed by atoms with Gasteiger partial charge in [0.15, 0.2) is 0 Å². The molecule has 0 fully saturated rings. The maximum atomic E-state index is 13.6. The highest BCUT2D eigenvalue weighted by Gasteiger charge is 2.09. The lowest BCUT2D eigenvalue weighted by Gasteiger charge is -2.12. The van der Waals surface area contributed by atoms with Gasteiger partial charge in [-0.1, -0.05) is 76.1 Å². The van der Waals surface area contributed by atoms with Crippen molar-refractivity contribution in [2.75, 3.05) is 6.61 Å². The average Bonchev–Trinajstić information content (AvgIpc) is 2.72. The van der Waals surface area contributed by atoms with Gasteiger partial charge in [0.1, 0.15) is 11.6 Å². The Bertz CT molecular complexity index is 877. The molecule has 2 aromatic carbocycles. The van der Waals surface area contributed by atoms with Gasteiger partial charge < -0.3 is 4.74 Å². The summed E-state index contributed by atoms with van der Waals surface area (Å²) in [4.78, 5) is 4.69. The molecule has 3 aromatic rings. The van der Waals surface area contributed by atoms with Crippen molar-refractivity contribution >= 4 is 10.9 Å². The fraction of sp³-hybridized carbons (Fsp3) is 0.400. The quantitative estimate of drug-likeness (QED) is 0.321. The Balaban J connectivity index is 1.62. The lowest BCUT2D eigenvalue weighted by atomic mass is 10.1. The SMILES string of the molecule is CCCCCCCCCCOc1cc(-c2cccc(F)c2)nc2ccccc12. The number of hydrogen-bond donors (Lipinski definition) is 0. The normalized spacial score (nSPS) is 11.1. The smallest absolute Gasteiger partial charge is 0.130 e. The number of nitrogens with zero attached hydrogens (tertiary/aromatic N) is 1. The Kier molecular flexibility index (Phi) is 7.83. The molecule has 3 heteroatoms. The van der Waals surface area contributed by atoms with Crippen LogP contribution in [0.25, 0.3) is 22.2 Å². The minimum absolute atomic E-state index is 0.256. The summed E-state index contributed by atoms with van der Waals surface area (Å²) in [6.45, 7) is 2.95. The first-order valence-electron chi connectivity index (χ1n) is 10.6. The van der Waals surface area contributed by atoms with E-state index in [1.54, 1.807) is 6.07 Å². The number of ether oxygens (including phenoxy) is 1. The summed E-state index contributed by atoms with van der Waals surface area (Å²) in [5, 5.41) is 1.00. The van der Waals surface area contributed by atoms with Crippen molar-refractivity contribution in [2.24, 2.45) is 0 Å². The van der Waals surface area contributed by atoms with E-state index in [2.05, 4.69) is 6.92 Å². The highest BCUT2D eigenvalue weighted by atomic mass is 19.1. The molecule has 28 heavy (non-hydrogen) atoms. The van der Waals surface area contributed by atoms with E-state index in [1.165, 1.54) is 57.1 Å². The number of unbranched alkanes of at least 4 members (excludes halogenated alkanes) is 7. The molecule has 0 aliphatic heterocycles. The van der Waals surface area contributed by atoms with Crippen molar-refractivity contribution in [2.45, 2.75) is 58.3 Å². The van der Waals surface area contributed by atoms with E-state index in [9.17, 15) is 4.39 Å². The van der Waals surface area contributed by atoms with Gasteiger partial charge in [-0.2, -0.15) is 0 Å². The zero-order valence-corrected chi connectivity index (χ0v) is 16.8. The summed E-state index contributed by atoms with van der Waals surface area (Å²) in [5.74, 6) is 0.571. The molecule has 0 aliphatic carbocycles. The van der Waals surface area contributed by atoms with Crippen molar-refractivity contribution in [3.05, 3.63) is 60.4 Å². The van der Waals surface area contributed by atoms with Crippen molar-refractivity contribution in [3.63, 3.8) is 0 Å². The van der Waals surface area contributed by atoms with Crippen LogP contribution in [0, 0.1) is 5.82 Å². The minimum Gasteiger partial charge on any atom is -0.493 e. The van der Waals surface area contributed by atoms with E-state index < -0.39 is 0 Å². The van der Waals surface area contributed by atoms with Crippen molar-refractivity contribution in [3.8, 4) is 17.0 Å². The molecule has 3 rings (SSSR count). The molecule has 0 saturated heterocycles. The molecule has 148 valence electrons. The number of pyridine rings is 1. The van der Waals surface area contributed by atoms with Gasteiger partial charge in [0.25, 0.3) is 0 Å². The van der Waals surface area contributed by atoms with Gasteiger partial charge in [0.05, 0.1) is 17.8 Å². The highest BCUT2D eigenvalue weighted by Crippen LogP contribution is 2.30. The first kappa shape index (κ1) is 20.3. The Morgan fingerprint density at radius 2 is 1.57 bits per heavy atom. The van der Waals surface area contributed by atoms with Crippen LogP contribution in [0.5, 0.6) is 5.75 Å². The third kappa shape index (κ3) is 5.79. The van der Waals surface area contributed by atoms with Gasteiger partial charge in [-0.25, -0.2) is 9.37 Å².